The molecule has 0 aromatic heterocycles. The molecule has 33 heavy (non-hydrogen) atoms. The van der Waals surface area contributed by atoms with Gasteiger partial charge in [-0.15, -0.1) is 0 Å². The molecule has 1 N–H and O–H groups in total. The van der Waals surface area contributed by atoms with Gasteiger partial charge in [0.2, 0.25) is 0 Å². The van der Waals surface area contributed by atoms with Crippen LogP contribution >= 0.6 is 0 Å². The van der Waals surface area contributed by atoms with Gasteiger partial charge in [0, 0.05) is 42.0 Å². The van der Waals surface area contributed by atoms with E-state index in [9.17, 15) is 22.4 Å². The first-order valence-corrected chi connectivity index (χ1v) is 11.6. The summed E-state index contributed by atoms with van der Waals surface area (Å²) in [5, 5.41) is 3.38. The Labute approximate surface area is 191 Å². The fourth-order valence-electron chi connectivity index (χ4n) is 5.01. The molecule has 0 radical (unpaired) electrons. The van der Waals surface area contributed by atoms with Crippen molar-refractivity contribution < 1.29 is 31.8 Å². The standard InChI is InChI=1S/C25H29F4NO3/c1-2-3-7-22(31)32-14-18-9-10-19-23(15-5-4-6-17(26)12-15)30-21-11-8-16(25(27,28)29)13-20(21)24(19)33-18/h4-6,8,11,13,15,18-19,23-24,30H,2-3,7,9-10,12,14H2,1H3/t15?,18-,19+,23+,24+/m1/s1. The topological polar surface area (TPSA) is 47.6 Å². The summed E-state index contributed by atoms with van der Waals surface area (Å²) in [4.78, 5) is 11.9. The molecule has 1 aliphatic carbocycles. The molecule has 2 heterocycles. The molecule has 1 fully saturated rings. The first-order valence-electron chi connectivity index (χ1n) is 11.6. The number of halogens is 4. The van der Waals surface area contributed by atoms with Gasteiger partial charge in [-0.2, -0.15) is 13.2 Å². The van der Waals surface area contributed by atoms with E-state index in [2.05, 4.69) is 5.32 Å². The molecule has 1 saturated heterocycles. The van der Waals surface area contributed by atoms with E-state index in [-0.39, 0.29) is 42.7 Å². The van der Waals surface area contributed by atoms with Gasteiger partial charge in [0.25, 0.3) is 0 Å². The Morgan fingerprint density at radius 3 is 2.82 bits per heavy atom. The normalized spacial score (nSPS) is 28.9. The number of benzene rings is 1. The molecule has 4 rings (SSSR count). The highest BCUT2D eigenvalue weighted by atomic mass is 19.4. The lowest BCUT2D eigenvalue weighted by Gasteiger charge is -2.47. The minimum absolute atomic E-state index is 0.0822. The average Bonchev–Trinajstić information content (AvgIpc) is 2.79. The summed E-state index contributed by atoms with van der Waals surface area (Å²) in [5.41, 5.74) is 0.283. The third-order valence-electron chi connectivity index (χ3n) is 6.71. The van der Waals surface area contributed by atoms with Crippen LogP contribution < -0.4 is 5.32 Å². The van der Waals surface area contributed by atoms with E-state index in [1.807, 2.05) is 13.0 Å². The van der Waals surface area contributed by atoms with Crippen LogP contribution in [-0.2, 0) is 20.4 Å². The van der Waals surface area contributed by atoms with Crippen LogP contribution in [0.3, 0.4) is 0 Å². The summed E-state index contributed by atoms with van der Waals surface area (Å²) < 4.78 is 65.8. The number of carbonyl (C=O) groups is 1. The van der Waals surface area contributed by atoms with Gasteiger partial charge in [-0.25, -0.2) is 4.39 Å². The molecule has 0 bridgehead atoms. The average molecular weight is 468 g/mol. The zero-order chi connectivity index (χ0) is 23.6. The third kappa shape index (κ3) is 5.42. The zero-order valence-corrected chi connectivity index (χ0v) is 18.5. The van der Waals surface area contributed by atoms with Crippen molar-refractivity contribution in [3.8, 4) is 0 Å². The number of nitrogens with one attached hydrogen (secondary N) is 1. The second-order valence-corrected chi connectivity index (χ2v) is 9.04. The van der Waals surface area contributed by atoms with Crippen molar-refractivity contribution in [1.29, 1.82) is 0 Å². The number of hydrogen-bond acceptors (Lipinski definition) is 4. The van der Waals surface area contributed by atoms with Crippen LogP contribution in [0.5, 0.6) is 0 Å². The molecule has 0 amide bonds. The number of ether oxygens (including phenoxy) is 2. The summed E-state index contributed by atoms with van der Waals surface area (Å²) >= 11 is 0. The molecule has 0 spiro atoms. The molecule has 3 aliphatic rings. The SMILES string of the molecule is CCCCC(=O)OC[C@H]1CC[C@@H]2[C@H](O1)c1cc(C(F)(F)F)ccc1N[C@H]2C1C=CC=C(F)C1. The van der Waals surface area contributed by atoms with Crippen molar-refractivity contribution in [3.63, 3.8) is 0 Å². The van der Waals surface area contributed by atoms with Crippen molar-refractivity contribution >= 4 is 11.7 Å². The van der Waals surface area contributed by atoms with Gasteiger partial charge < -0.3 is 14.8 Å². The molecule has 5 atom stereocenters. The highest BCUT2D eigenvalue weighted by Crippen LogP contribution is 2.49. The molecule has 1 aromatic rings. The Kier molecular flexibility index (Phi) is 7.12. The van der Waals surface area contributed by atoms with Gasteiger partial charge >= 0.3 is 12.1 Å². The first kappa shape index (κ1) is 23.8. The maximum Gasteiger partial charge on any atom is 0.416 e. The van der Waals surface area contributed by atoms with Gasteiger partial charge in [-0.1, -0.05) is 25.5 Å². The number of rotatable bonds is 6. The van der Waals surface area contributed by atoms with E-state index in [0.29, 0.717) is 30.5 Å². The van der Waals surface area contributed by atoms with Crippen LogP contribution in [0.2, 0.25) is 0 Å². The van der Waals surface area contributed by atoms with Gasteiger partial charge in [0.15, 0.2) is 0 Å². The molecule has 8 heteroatoms. The molecular formula is C25H29F4NO3. The number of alkyl halides is 3. The van der Waals surface area contributed by atoms with Crippen LogP contribution in [0.15, 0.2) is 42.3 Å². The Hall–Kier alpha value is -2.35. The Balaban J connectivity index is 1.57. The van der Waals surface area contributed by atoms with E-state index in [0.717, 1.165) is 25.0 Å². The molecular weight excluding hydrogens is 438 g/mol. The van der Waals surface area contributed by atoms with Crippen LogP contribution in [0.1, 0.15) is 62.7 Å². The van der Waals surface area contributed by atoms with Crippen LogP contribution in [0.25, 0.3) is 0 Å². The highest BCUT2D eigenvalue weighted by molar-refractivity contribution is 5.69. The summed E-state index contributed by atoms with van der Waals surface area (Å²) in [5.74, 6) is -0.772. The fourth-order valence-corrected chi connectivity index (χ4v) is 5.01. The Morgan fingerprint density at radius 2 is 2.09 bits per heavy atom. The van der Waals surface area contributed by atoms with Crippen molar-refractivity contribution in [1.82, 2.24) is 0 Å². The van der Waals surface area contributed by atoms with E-state index in [4.69, 9.17) is 9.47 Å². The number of hydrogen-bond donors (Lipinski definition) is 1. The lowest BCUT2D eigenvalue weighted by Crippen LogP contribution is -2.47. The minimum Gasteiger partial charge on any atom is -0.463 e. The third-order valence-corrected chi connectivity index (χ3v) is 6.71. The summed E-state index contributed by atoms with van der Waals surface area (Å²) in [6.07, 6.45) is 3.10. The Morgan fingerprint density at radius 1 is 1.27 bits per heavy atom. The van der Waals surface area contributed by atoms with E-state index >= 15 is 0 Å². The lowest BCUT2D eigenvalue weighted by atomic mass is 9.72. The number of carbonyl (C=O) groups excluding carboxylic acids is 1. The van der Waals surface area contributed by atoms with Crippen molar-refractivity contribution in [3.05, 3.63) is 53.4 Å². The summed E-state index contributed by atoms with van der Waals surface area (Å²) in [6, 6.07) is 3.44. The van der Waals surface area contributed by atoms with Crippen LogP contribution in [0.4, 0.5) is 23.2 Å². The van der Waals surface area contributed by atoms with Gasteiger partial charge in [0.05, 0.1) is 17.8 Å². The van der Waals surface area contributed by atoms with E-state index in [1.165, 1.54) is 12.1 Å². The van der Waals surface area contributed by atoms with Crippen molar-refractivity contribution in [2.45, 2.75) is 69.9 Å². The number of allylic oxidation sites excluding steroid dienone is 3. The maximum absolute atomic E-state index is 14.0. The lowest BCUT2D eigenvalue weighted by molar-refractivity contribution is -0.157. The second kappa shape index (κ2) is 9.87. The van der Waals surface area contributed by atoms with E-state index < -0.39 is 23.9 Å². The summed E-state index contributed by atoms with van der Waals surface area (Å²) in [6.45, 7) is 2.07. The molecule has 1 unspecified atom stereocenters. The van der Waals surface area contributed by atoms with Gasteiger partial charge in [-0.3, -0.25) is 4.79 Å². The molecule has 4 nitrogen and oxygen atoms in total. The van der Waals surface area contributed by atoms with Gasteiger partial charge in [-0.05, 0) is 43.5 Å². The second-order valence-electron chi connectivity index (χ2n) is 9.04. The van der Waals surface area contributed by atoms with Gasteiger partial charge in [0.1, 0.15) is 12.4 Å². The minimum atomic E-state index is -4.47. The summed E-state index contributed by atoms with van der Waals surface area (Å²) in [7, 11) is 0. The maximum atomic E-state index is 14.0. The van der Waals surface area contributed by atoms with Crippen LogP contribution in [-0.4, -0.2) is 24.7 Å². The Bertz CT molecular complexity index is 927. The molecule has 1 aromatic carbocycles. The largest absolute Gasteiger partial charge is 0.463 e. The predicted molar refractivity (Wildman–Crippen MR) is 116 cm³/mol. The smallest absolute Gasteiger partial charge is 0.416 e. The van der Waals surface area contributed by atoms with Crippen LogP contribution in [0, 0.1) is 11.8 Å². The number of anilines is 1. The number of fused-ring (bicyclic) bond motifs is 3. The molecule has 2 aliphatic heterocycles. The zero-order valence-electron chi connectivity index (χ0n) is 18.5. The first-order chi connectivity index (χ1) is 15.8. The fraction of sp³-hybridized carbons (Fsp3) is 0.560. The van der Waals surface area contributed by atoms with Crippen molar-refractivity contribution in [2.75, 3.05) is 11.9 Å². The quantitative estimate of drug-likeness (QED) is 0.383. The number of unbranched alkanes of at least 4 members (excludes halogenated alkanes) is 1. The van der Waals surface area contributed by atoms with E-state index in [1.54, 1.807) is 6.08 Å². The highest BCUT2D eigenvalue weighted by Gasteiger charge is 2.45. The number of esters is 1. The molecule has 180 valence electrons. The monoisotopic (exact) mass is 467 g/mol. The molecule has 0 saturated carbocycles. The van der Waals surface area contributed by atoms with Crippen molar-refractivity contribution in [2.24, 2.45) is 11.8 Å². The predicted octanol–water partition coefficient (Wildman–Crippen LogP) is 6.50.